The lowest BCUT2D eigenvalue weighted by Gasteiger charge is -2.39. The topological polar surface area (TPSA) is 84.4 Å². The van der Waals surface area contributed by atoms with Gasteiger partial charge in [0.05, 0.1) is 0 Å². The van der Waals surface area contributed by atoms with E-state index in [1.807, 2.05) is 20.8 Å². The minimum atomic E-state index is -0.575. The van der Waals surface area contributed by atoms with Gasteiger partial charge >= 0.3 is 6.09 Å². The van der Waals surface area contributed by atoms with Crippen LogP contribution < -0.4 is 5.32 Å². The van der Waals surface area contributed by atoms with Gasteiger partial charge in [-0.15, -0.1) is 0 Å². The van der Waals surface area contributed by atoms with E-state index in [2.05, 4.69) is 14.7 Å². The van der Waals surface area contributed by atoms with Crippen LogP contribution in [0, 0.1) is 0 Å². The average molecular weight is 340 g/mol. The van der Waals surface area contributed by atoms with Crippen LogP contribution in [0.15, 0.2) is 0 Å². The van der Waals surface area contributed by atoms with Gasteiger partial charge in [0, 0.05) is 23.5 Å². The molecule has 2 heterocycles. The molecule has 0 unspecified atom stereocenters. The highest BCUT2D eigenvalue weighted by Gasteiger charge is 2.40. The van der Waals surface area contributed by atoms with Crippen molar-refractivity contribution in [3.63, 3.8) is 0 Å². The Hall–Kier alpha value is -1.70. The number of carbonyl (C=O) groups is 2. The first kappa shape index (κ1) is 17.7. The monoisotopic (exact) mass is 340 g/mol. The fourth-order valence-electron chi connectivity index (χ4n) is 1.97. The van der Waals surface area contributed by atoms with Crippen molar-refractivity contribution in [2.75, 3.05) is 11.9 Å². The van der Waals surface area contributed by atoms with Crippen molar-refractivity contribution in [3.05, 3.63) is 5.82 Å². The van der Waals surface area contributed by atoms with Crippen LogP contribution in [0.25, 0.3) is 0 Å². The molecule has 1 N–H and O–H groups in total. The van der Waals surface area contributed by atoms with Crippen LogP contribution in [0.2, 0.25) is 0 Å². The SMILES string of the molecule is CC(C)(C)OC(=O)N1CC[C@H]1C(=O)Nc1nc(C(C)(C)C)ns1. The number of likely N-dealkylation sites (tertiary alicyclic amines) is 1. The fourth-order valence-corrected chi connectivity index (χ4v) is 2.73. The van der Waals surface area contributed by atoms with Gasteiger partial charge in [0.25, 0.3) is 0 Å². The summed E-state index contributed by atoms with van der Waals surface area (Å²) in [5.41, 5.74) is -0.743. The van der Waals surface area contributed by atoms with Crippen LogP contribution in [-0.4, -0.2) is 44.4 Å². The standard InChI is InChI=1S/C15H24N4O3S/c1-14(2,3)11-17-12(23-18-11)16-10(20)9-7-8-19(9)13(21)22-15(4,5)6/h9H,7-8H2,1-6H3,(H,16,17,18,20)/t9-/m0/s1. The molecule has 0 aliphatic carbocycles. The summed E-state index contributed by atoms with van der Waals surface area (Å²) in [5, 5.41) is 3.20. The summed E-state index contributed by atoms with van der Waals surface area (Å²) >= 11 is 1.15. The minimum Gasteiger partial charge on any atom is -0.444 e. The van der Waals surface area contributed by atoms with Gasteiger partial charge in [-0.1, -0.05) is 20.8 Å². The summed E-state index contributed by atoms with van der Waals surface area (Å²) < 4.78 is 9.56. The molecule has 1 saturated heterocycles. The zero-order valence-electron chi connectivity index (χ0n) is 14.5. The molecule has 23 heavy (non-hydrogen) atoms. The summed E-state index contributed by atoms with van der Waals surface area (Å²) in [4.78, 5) is 30.1. The second-order valence-electron chi connectivity index (χ2n) is 7.64. The molecule has 1 aromatic heterocycles. The molecule has 8 heteroatoms. The van der Waals surface area contributed by atoms with E-state index >= 15 is 0 Å². The molecule has 1 aliphatic heterocycles. The van der Waals surface area contributed by atoms with Crippen molar-refractivity contribution in [2.24, 2.45) is 0 Å². The molecule has 1 aromatic rings. The number of hydrogen-bond donors (Lipinski definition) is 1. The van der Waals surface area contributed by atoms with E-state index in [9.17, 15) is 9.59 Å². The molecule has 1 aliphatic rings. The molecule has 2 rings (SSSR count). The Bertz CT molecular complexity index is 601. The summed E-state index contributed by atoms with van der Waals surface area (Å²) in [7, 11) is 0. The van der Waals surface area contributed by atoms with Crippen LogP contribution in [0.3, 0.4) is 0 Å². The lowest BCUT2D eigenvalue weighted by Crippen LogP contribution is -2.57. The van der Waals surface area contributed by atoms with Gasteiger partial charge in [0.15, 0.2) is 0 Å². The van der Waals surface area contributed by atoms with E-state index in [0.717, 1.165) is 11.5 Å². The van der Waals surface area contributed by atoms with E-state index in [4.69, 9.17) is 4.74 Å². The van der Waals surface area contributed by atoms with Crippen molar-refractivity contribution < 1.29 is 14.3 Å². The summed E-state index contributed by atoms with van der Waals surface area (Å²) in [5.74, 6) is 0.439. The Morgan fingerprint density at radius 3 is 2.35 bits per heavy atom. The molecule has 1 atom stereocenters. The van der Waals surface area contributed by atoms with Gasteiger partial charge in [-0.05, 0) is 27.2 Å². The Labute approximate surface area is 140 Å². The van der Waals surface area contributed by atoms with Crippen molar-refractivity contribution in [1.82, 2.24) is 14.3 Å². The van der Waals surface area contributed by atoms with E-state index in [0.29, 0.717) is 23.9 Å². The van der Waals surface area contributed by atoms with Gasteiger partial charge in [0.1, 0.15) is 17.5 Å². The molecule has 0 radical (unpaired) electrons. The Balaban J connectivity index is 1.96. The number of nitrogens with zero attached hydrogens (tertiary/aromatic N) is 3. The van der Waals surface area contributed by atoms with Gasteiger partial charge in [-0.3, -0.25) is 15.0 Å². The van der Waals surface area contributed by atoms with Gasteiger partial charge < -0.3 is 4.74 Å². The largest absolute Gasteiger partial charge is 0.444 e. The number of hydrogen-bond acceptors (Lipinski definition) is 6. The minimum absolute atomic E-state index is 0.168. The van der Waals surface area contributed by atoms with Gasteiger partial charge in [-0.25, -0.2) is 9.78 Å². The smallest absolute Gasteiger partial charge is 0.410 e. The summed E-state index contributed by atoms with van der Waals surface area (Å²) in [6, 6.07) is -0.508. The molecule has 0 spiro atoms. The maximum Gasteiger partial charge on any atom is 0.410 e. The number of carbonyl (C=O) groups excluding carboxylic acids is 2. The van der Waals surface area contributed by atoms with E-state index in [1.165, 1.54) is 4.90 Å². The maximum absolute atomic E-state index is 12.3. The van der Waals surface area contributed by atoms with Crippen LogP contribution in [0.1, 0.15) is 53.8 Å². The predicted molar refractivity (Wildman–Crippen MR) is 88.6 cm³/mol. The highest BCUT2D eigenvalue weighted by Crippen LogP contribution is 2.25. The van der Waals surface area contributed by atoms with Crippen LogP contribution in [-0.2, 0) is 14.9 Å². The number of amides is 2. The molecular weight excluding hydrogens is 316 g/mol. The van der Waals surface area contributed by atoms with Gasteiger partial charge in [0.2, 0.25) is 11.0 Å². The molecule has 0 saturated carbocycles. The van der Waals surface area contributed by atoms with E-state index in [-0.39, 0.29) is 11.3 Å². The summed E-state index contributed by atoms with van der Waals surface area (Å²) in [6.07, 6.45) is 0.160. The zero-order chi connectivity index (χ0) is 17.4. The molecular formula is C15H24N4O3S. The normalized spacial score (nSPS) is 18.3. The third-order valence-corrected chi connectivity index (χ3v) is 3.91. The highest BCUT2D eigenvalue weighted by atomic mass is 32.1. The summed E-state index contributed by atoms with van der Waals surface area (Å²) in [6.45, 7) is 12.0. The van der Waals surface area contributed by atoms with Gasteiger partial charge in [-0.2, -0.15) is 4.37 Å². The quantitative estimate of drug-likeness (QED) is 0.895. The second kappa shape index (κ2) is 6.07. The van der Waals surface area contributed by atoms with Crippen LogP contribution >= 0.6 is 11.5 Å². The first-order valence-corrected chi connectivity index (χ1v) is 8.39. The van der Waals surface area contributed by atoms with Crippen molar-refractivity contribution >= 4 is 28.7 Å². The predicted octanol–water partition coefficient (Wildman–Crippen LogP) is 2.78. The molecule has 0 aromatic carbocycles. The van der Waals surface area contributed by atoms with E-state index in [1.54, 1.807) is 20.8 Å². The first-order chi connectivity index (χ1) is 10.5. The number of rotatable bonds is 2. The number of nitrogens with one attached hydrogen (secondary N) is 1. The van der Waals surface area contributed by atoms with Crippen LogP contribution in [0.5, 0.6) is 0 Å². The second-order valence-corrected chi connectivity index (χ2v) is 8.39. The molecule has 2 amide bonds. The Kier molecular flexibility index (Phi) is 4.66. The van der Waals surface area contributed by atoms with Crippen molar-refractivity contribution in [3.8, 4) is 0 Å². The van der Waals surface area contributed by atoms with Crippen molar-refractivity contribution in [1.29, 1.82) is 0 Å². The number of anilines is 1. The molecule has 7 nitrogen and oxygen atoms in total. The van der Waals surface area contributed by atoms with Crippen molar-refractivity contribution in [2.45, 2.75) is 65.0 Å². The number of ether oxygens (including phenoxy) is 1. The average Bonchev–Trinajstić information content (AvgIpc) is 2.72. The lowest BCUT2D eigenvalue weighted by molar-refractivity contribution is -0.125. The fraction of sp³-hybridized carbons (Fsp3) is 0.733. The lowest BCUT2D eigenvalue weighted by atomic mass is 9.96. The Morgan fingerprint density at radius 1 is 1.26 bits per heavy atom. The molecule has 1 fully saturated rings. The molecule has 128 valence electrons. The number of aromatic nitrogens is 2. The van der Waals surface area contributed by atoms with E-state index < -0.39 is 17.7 Å². The zero-order valence-corrected chi connectivity index (χ0v) is 15.3. The molecule has 0 bridgehead atoms. The maximum atomic E-state index is 12.3. The highest BCUT2D eigenvalue weighted by molar-refractivity contribution is 7.09. The third-order valence-electron chi connectivity index (χ3n) is 3.28. The first-order valence-electron chi connectivity index (χ1n) is 7.62. The van der Waals surface area contributed by atoms with Crippen LogP contribution in [0.4, 0.5) is 9.93 Å². The Morgan fingerprint density at radius 2 is 1.91 bits per heavy atom. The third kappa shape index (κ3) is 4.40.